The van der Waals surface area contributed by atoms with Gasteiger partial charge in [0.15, 0.2) is 0 Å². The van der Waals surface area contributed by atoms with Crippen LogP contribution in [0.1, 0.15) is 6.42 Å². The fourth-order valence-electron chi connectivity index (χ4n) is 0.449. The third-order valence-electron chi connectivity index (χ3n) is 0.990. The molecule has 0 saturated carbocycles. The lowest BCUT2D eigenvalue weighted by atomic mass is 10.5. The summed E-state index contributed by atoms with van der Waals surface area (Å²) < 4.78 is 28.1. The Hall–Kier alpha value is 0.260. The van der Waals surface area contributed by atoms with Gasteiger partial charge in [0.05, 0.1) is 0 Å². The third-order valence-corrected chi connectivity index (χ3v) is 4.11. The Bertz CT molecular complexity index is 167. The van der Waals surface area contributed by atoms with E-state index < -0.39 is 14.7 Å². The van der Waals surface area contributed by atoms with Crippen molar-refractivity contribution in [3.63, 3.8) is 0 Å². The molecule has 1 saturated heterocycles. The van der Waals surface area contributed by atoms with Crippen LogP contribution in [0.15, 0.2) is 0 Å². The number of hydrogen-bond acceptors (Lipinski definition) is 3. The number of thioether (sulfide) groups is 1. The van der Waals surface area contributed by atoms with Gasteiger partial charge in [-0.25, -0.2) is 0 Å². The Labute approximate surface area is 52.2 Å². The average Bonchev–Trinajstić information content (AvgIpc) is 1.16. The Morgan fingerprint density at radius 1 is 1.62 bits per heavy atom. The van der Waals surface area contributed by atoms with Crippen LogP contribution < -0.4 is 0 Å². The van der Waals surface area contributed by atoms with Gasteiger partial charge in [0.1, 0.15) is 4.58 Å². The predicted molar refractivity (Wildman–Crippen MR) is 32.4 cm³/mol. The van der Waals surface area contributed by atoms with Gasteiger partial charge in [0.2, 0.25) is 0 Å². The molecule has 48 valence electrons. The smallest absolute Gasteiger partial charge is 0.277 e. The van der Waals surface area contributed by atoms with Crippen molar-refractivity contribution in [1.82, 2.24) is 0 Å². The second-order valence-electron chi connectivity index (χ2n) is 1.60. The minimum absolute atomic E-state index is 0.525. The van der Waals surface area contributed by atoms with Crippen molar-refractivity contribution in [3.8, 4) is 0 Å². The molecule has 0 bridgehead atoms. The minimum Gasteiger partial charge on any atom is -0.285 e. The Balaban J connectivity index is 2.60. The maximum atomic E-state index is 10.1. The normalized spacial score (nSPS) is 29.4. The first-order valence-corrected chi connectivity index (χ1v) is 4.74. The molecule has 0 radical (unpaired) electrons. The van der Waals surface area contributed by atoms with Gasteiger partial charge in [0, 0.05) is 0 Å². The molecule has 1 N–H and O–H groups in total. The largest absolute Gasteiger partial charge is 0.285 e. The van der Waals surface area contributed by atoms with Gasteiger partial charge in [-0.3, -0.25) is 4.55 Å². The summed E-state index contributed by atoms with van der Waals surface area (Å²) in [6, 6.07) is 0. The first-order chi connectivity index (χ1) is 3.61. The van der Waals surface area contributed by atoms with Crippen LogP contribution in [0.25, 0.3) is 0 Å². The van der Waals surface area contributed by atoms with E-state index in [1.54, 1.807) is 0 Å². The van der Waals surface area contributed by atoms with E-state index in [2.05, 4.69) is 0 Å². The SMILES string of the molecule is O=S(=O)(O)C1CCS1. The van der Waals surface area contributed by atoms with Gasteiger partial charge < -0.3 is 0 Å². The highest BCUT2D eigenvalue weighted by molar-refractivity contribution is 8.13. The Morgan fingerprint density at radius 2 is 2.12 bits per heavy atom. The lowest BCUT2D eigenvalue weighted by molar-refractivity contribution is 0.477. The summed E-state index contributed by atoms with van der Waals surface area (Å²) >= 11 is 1.27. The molecule has 1 rings (SSSR count). The maximum Gasteiger partial charge on any atom is 0.277 e. The molecule has 0 spiro atoms. The Morgan fingerprint density at radius 3 is 2.12 bits per heavy atom. The molecule has 0 amide bonds. The van der Waals surface area contributed by atoms with Gasteiger partial charge in [-0.1, -0.05) is 0 Å². The molecule has 1 atom stereocenters. The molecule has 3 nitrogen and oxygen atoms in total. The van der Waals surface area contributed by atoms with Crippen molar-refractivity contribution in [2.45, 2.75) is 11.0 Å². The summed E-state index contributed by atoms with van der Waals surface area (Å²) in [4.78, 5) is 0. The zero-order valence-corrected chi connectivity index (χ0v) is 5.70. The van der Waals surface area contributed by atoms with Crippen molar-refractivity contribution in [1.29, 1.82) is 0 Å². The quantitative estimate of drug-likeness (QED) is 0.553. The minimum atomic E-state index is -3.70. The summed E-state index contributed by atoms with van der Waals surface area (Å²) in [7, 11) is -3.70. The van der Waals surface area contributed by atoms with Crippen LogP contribution in [-0.2, 0) is 10.1 Å². The van der Waals surface area contributed by atoms with Crippen molar-refractivity contribution in [2.75, 3.05) is 5.75 Å². The van der Waals surface area contributed by atoms with E-state index in [1.165, 1.54) is 11.8 Å². The standard InChI is InChI=1S/C3H6O3S2/c4-8(5,6)3-1-2-7-3/h3H,1-2H2,(H,4,5,6). The van der Waals surface area contributed by atoms with Gasteiger partial charge >= 0.3 is 0 Å². The van der Waals surface area contributed by atoms with Crippen molar-refractivity contribution >= 4 is 21.9 Å². The van der Waals surface area contributed by atoms with E-state index in [0.29, 0.717) is 6.42 Å². The summed E-state index contributed by atoms with van der Waals surface area (Å²) in [5, 5.41) is 0. The van der Waals surface area contributed by atoms with Crippen LogP contribution >= 0.6 is 11.8 Å². The van der Waals surface area contributed by atoms with Crippen LogP contribution in [-0.4, -0.2) is 23.3 Å². The van der Waals surface area contributed by atoms with Gasteiger partial charge in [-0.05, 0) is 12.2 Å². The van der Waals surface area contributed by atoms with Crippen LogP contribution in [0.4, 0.5) is 0 Å². The van der Waals surface area contributed by atoms with E-state index in [4.69, 9.17) is 4.55 Å². The maximum absolute atomic E-state index is 10.1. The van der Waals surface area contributed by atoms with E-state index in [-0.39, 0.29) is 0 Å². The van der Waals surface area contributed by atoms with Crippen LogP contribution in [0, 0.1) is 0 Å². The van der Waals surface area contributed by atoms with Gasteiger partial charge in [-0.15, -0.1) is 11.8 Å². The second kappa shape index (κ2) is 1.89. The topological polar surface area (TPSA) is 54.4 Å². The summed E-state index contributed by atoms with van der Waals surface area (Å²) in [6.45, 7) is 0. The highest BCUT2D eigenvalue weighted by atomic mass is 32.3. The molecular weight excluding hydrogens is 148 g/mol. The average molecular weight is 154 g/mol. The lowest BCUT2D eigenvalue weighted by Gasteiger charge is -2.20. The van der Waals surface area contributed by atoms with E-state index >= 15 is 0 Å². The molecule has 1 aliphatic heterocycles. The molecule has 0 aromatic rings. The fourth-order valence-corrected chi connectivity index (χ4v) is 2.44. The molecule has 1 aliphatic rings. The second-order valence-corrected chi connectivity index (χ2v) is 4.81. The molecule has 1 heterocycles. The summed E-state index contributed by atoms with van der Waals surface area (Å²) in [6.07, 6.45) is 0.601. The van der Waals surface area contributed by atoms with Gasteiger partial charge in [-0.2, -0.15) is 8.42 Å². The monoisotopic (exact) mass is 154 g/mol. The summed E-state index contributed by atoms with van der Waals surface area (Å²) in [5.41, 5.74) is 0. The third kappa shape index (κ3) is 1.15. The molecule has 0 aromatic carbocycles. The fraction of sp³-hybridized carbons (Fsp3) is 1.00. The van der Waals surface area contributed by atoms with Crippen molar-refractivity contribution in [2.24, 2.45) is 0 Å². The zero-order valence-electron chi connectivity index (χ0n) is 4.07. The molecule has 1 unspecified atom stereocenters. The van der Waals surface area contributed by atoms with E-state index in [0.717, 1.165) is 5.75 Å². The predicted octanol–water partition coefficient (Wildman–Crippen LogP) is 0.337. The molecule has 8 heavy (non-hydrogen) atoms. The highest BCUT2D eigenvalue weighted by Crippen LogP contribution is 2.31. The molecule has 0 aliphatic carbocycles. The number of hydrogen-bond donors (Lipinski definition) is 1. The lowest BCUT2D eigenvalue weighted by Crippen LogP contribution is -2.25. The molecule has 1 fully saturated rings. The molecule has 5 heteroatoms. The van der Waals surface area contributed by atoms with Crippen molar-refractivity contribution < 1.29 is 13.0 Å². The molecular formula is C3H6O3S2. The van der Waals surface area contributed by atoms with Crippen LogP contribution in [0.5, 0.6) is 0 Å². The van der Waals surface area contributed by atoms with Crippen molar-refractivity contribution in [3.05, 3.63) is 0 Å². The molecule has 0 aromatic heterocycles. The van der Waals surface area contributed by atoms with E-state index in [9.17, 15) is 8.42 Å². The first-order valence-electron chi connectivity index (χ1n) is 2.18. The van der Waals surface area contributed by atoms with Gasteiger partial charge in [0.25, 0.3) is 10.1 Å². The Kier molecular flexibility index (Phi) is 1.51. The van der Waals surface area contributed by atoms with Crippen LogP contribution in [0.2, 0.25) is 0 Å². The number of rotatable bonds is 1. The zero-order chi connectivity index (χ0) is 6.20. The first kappa shape index (κ1) is 6.38. The highest BCUT2D eigenvalue weighted by Gasteiger charge is 2.29. The summed E-state index contributed by atoms with van der Waals surface area (Å²) in [5.74, 6) is 0.852. The van der Waals surface area contributed by atoms with E-state index in [1.807, 2.05) is 0 Å². The van der Waals surface area contributed by atoms with Crippen LogP contribution in [0.3, 0.4) is 0 Å².